The lowest BCUT2D eigenvalue weighted by Crippen LogP contribution is -2.04. The maximum atomic E-state index is 5.53. The first kappa shape index (κ1) is 18.1. The van der Waals surface area contributed by atoms with Gasteiger partial charge in [0.15, 0.2) is 0 Å². The van der Waals surface area contributed by atoms with Gasteiger partial charge in [-0.15, -0.1) is 0 Å². The summed E-state index contributed by atoms with van der Waals surface area (Å²) in [5, 5.41) is 0. The van der Waals surface area contributed by atoms with E-state index < -0.39 is 0 Å². The fourth-order valence-corrected chi connectivity index (χ4v) is 2.51. The summed E-state index contributed by atoms with van der Waals surface area (Å²) in [4.78, 5) is 0. The van der Waals surface area contributed by atoms with Gasteiger partial charge >= 0.3 is 0 Å². The second-order valence-electron chi connectivity index (χ2n) is 4.13. The molecular weight excluding hydrogens is 392 g/mol. The average Bonchev–Trinajstić information content (AvgIpc) is 2.44. The summed E-state index contributed by atoms with van der Waals surface area (Å²) in [5.74, 6) is 0. The number of hydrogen-bond acceptors (Lipinski definition) is 4. The highest BCUT2D eigenvalue weighted by atomic mass is 79.9. The molecule has 20 heavy (non-hydrogen) atoms. The molecule has 1 rings (SSSR count). The summed E-state index contributed by atoms with van der Waals surface area (Å²) in [6.07, 6.45) is 0. The third kappa shape index (κ3) is 6.65. The minimum absolute atomic E-state index is 0.549. The minimum atomic E-state index is 0.549. The van der Waals surface area contributed by atoms with Crippen LogP contribution in [0.3, 0.4) is 0 Å². The predicted octanol–water partition coefficient (Wildman–Crippen LogP) is 3.54. The van der Waals surface area contributed by atoms with Crippen molar-refractivity contribution in [2.45, 2.75) is 13.2 Å². The number of hydrogen-bond donors (Lipinski definition) is 0. The van der Waals surface area contributed by atoms with Gasteiger partial charge in [0.05, 0.1) is 39.6 Å². The van der Waals surface area contributed by atoms with Crippen LogP contribution in [-0.2, 0) is 32.2 Å². The number of methoxy groups -OCH3 is 2. The lowest BCUT2D eigenvalue weighted by molar-refractivity contribution is 0.0601. The van der Waals surface area contributed by atoms with E-state index in [1.54, 1.807) is 14.2 Å². The van der Waals surface area contributed by atoms with Crippen LogP contribution in [-0.4, -0.2) is 40.6 Å². The zero-order chi connectivity index (χ0) is 14.8. The van der Waals surface area contributed by atoms with Crippen LogP contribution in [0.5, 0.6) is 0 Å². The van der Waals surface area contributed by atoms with Crippen LogP contribution < -0.4 is 0 Å². The molecule has 0 radical (unpaired) electrons. The van der Waals surface area contributed by atoms with Crippen molar-refractivity contribution in [3.05, 3.63) is 32.2 Å². The first-order valence-corrected chi connectivity index (χ1v) is 7.87. The Morgan fingerprint density at radius 3 is 1.50 bits per heavy atom. The van der Waals surface area contributed by atoms with E-state index in [9.17, 15) is 0 Å². The van der Waals surface area contributed by atoms with E-state index in [2.05, 4.69) is 31.9 Å². The summed E-state index contributed by atoms with van der Waals surface area (Å²) < 4.78 is 23.0. The van der Waals surface area contributed by atoms with Crippen molar-refractivity contribution in [3.8, 4) is 0 Å². The molecule has 0 saturated heterocycles. The minimum Gasteiger partial charge on any atom is -0.382 e. The van der Waals surface area contributed by atoms with Gasteiger partial charge in [-0.2, -0.15) is 0 Å². The van der Waals surface area contributed by atoms with Gasteiger partial charge in [0.1, 0.15) is 0 Å². The van der Waals surface area contributed by atoms with Crippen LogP contribution in [0.4, 0.5) is 0 Å². The van der Waals surface area contributed by atoms with Crippen LogP contribution in [0, 0.1) is 0 Å². The number of rotatable bonds is 10. The lowest BCUT2D eigenvalue weighted by atomic mass is 10.1. The monoisotopic (exact) mass is 410 g/mol. The van der Waals surface area contributed by atoms with E-state index in [0.29, 0.717) is 39.6 Å². The largest absolute Gasteiger partial charge is 0.382 e. The van der Waals surface area contributed by atoms with Gasteiger partial charge in [-0.1, -0.05) is 31.9 Å². The van der Waals surface area contributed by atoms with E-state index in [-0.39, 0.29) is 0 Å². The zero-order valence-corrected chi connectivity index (χ0v) is 15.0. The van der Waals surface area contributed by atoms with E-state index in [1.807, 2.05) is 12.1 Å². The second kappa shape index (κ2) is 10.7. The Hall–Kier alpha value is 0.0200. The van der Waals surface area contributed by atoms with E-state index in [4.69, 9.17) is 18.9 Å². The second-order valence-corrected chi connectivity index (χ2v) is 5.83. The average molecular weight is 412 g/mol. The number of halogens is 2. The van der Waals surface area contributed by atoms with Gasteiger partial charge in [-0.3, -0.25) is 0 Å². The highest BCUT2D eigenvalue weighted by Crippen LogP contribution is 2.27. The normalized spacial score (nSPS) is 11.0. The molecule has 0 atom stereocenters. The maximum Gasteiger partial charge on any atom is 0.0729 e. The first-order chi connectivity index (χ1) is 9.69. The van der Waals surface area contributed by atoms with Crippen LogP contribution in [0.2, 0.25) is 0 Å². The molecule has 0 aromatic heterocycles. The standard InChI is InChI=1S/C14H20Br2O4/c1-17-3-5-19-9-11-7-14(16)12(8-13(11)15)10-20-6-4-18-2/h7-8H,3-6,9-10H2,1-2H3. The molecule has 0 saturated carbocycles. The summed E-state index contributed by atoms with van der Waals surface area (Å²) >= 11 is 7.12. The molecule has 1 aromatic carbocycles. The van der Waals surface area contributed by atoms with Crippen molar-refractivity contribution >= 4 is 31.9 Å². The molecule has 1 aromatic rings. The van der Waals surface area contributed by atoms with Crippen LogP contribution in [0.15, 0.2) is 21.1 Å². The molecule has 0 aliphatic rings. The van der Waals surface area contributed by atoms with E-state index >= 15 is 0 Å². The predicted molar refractivity (Wildman–Crippen MR) is 84.9 cm³/mol. The van der Waals surface area contributed by atoms with Gasteiger partial charge < -0.3 is 18.9 Å². The summed E-state index contributed by atoms with van der Waals surface area (Å²) in [6, 6.07) is 4.10. The van der Waals surface area contributed by atoms with Gasteiger partial charge in [0, 0.05) is 23.2 Å². The van der Waals surface area contributed by atoms with E-state index in [1.165, 1.54) is 0 Å². The Morgan fingerprint density at radius 2 is 1.15 bits per heavy atom. The molecule has 0 bridgehead atoms. The van der Waals surface area contributed by atoms with Crippen molar-refractivity contribution < 1.29 is 18.9 Å². The van der Waals surface area contributed by atoms with Crippen LogP contribution in [0.1, 0.15) is 11.1 Å². The summed E-state index contributed by atoms with van der Waals surface area (Å²) in [6.45, 7) is 3.47. The maximum absolute atomic E-state index is 5.53. The molecular formula is C14H20Br2O4. The molecule has 0 amide bonds. The fraction of sp³-hybridized carbons (Fsp3) is 0.571. The molecule has 114 valence electrons. The smallest absolute Gasteiger partial charge is 0.0729 e. The molecule has 0 fully saturated rings. The first-order valence-electron chi connectivity index (χ1n) is 6.29. The quantitative estimate of drug-likeness (QED) is 0.552. The van der Waals surface area contributed by atoms with Gasteiger partial charge in [-0.25, -0.2) is 0 Å². The molecule has 6 heteroatoms. The fourth-order valence-electron chi connectivity index (χ4n) is 1.50. The van der Waals surface area contributed by atoms with Crippen molar-refractivity contribution in [1.29, 1.82) is 0 Å². The Balaban J connectivity index is 2.52. The molecule has 0 spiro atoms. The van der Waals surface area contributed by atoms with Crippen molar-refractivity contribution in [2.75, 3.05) is 40.6 Å². The molecule has 0 unspecified atom stereocenters. The van der Waals surface area contributed by atoms with Gasteiger partial charge in [0.2, 0.25) is 0 Å². The number of benzene rings is 1. The Kier molecular flexibility index (Phi) is 9.67. The van der Waals surface area contributed by atoms with Crippen LogP contribution >= 0.6 is 31.9 Å². The van der Waals surface area contributed by atoms with Gasteiger partial charge in [-0.05, 0) is 23.3 Å². The van der Waals surface area contributed by atoms with Crippen molar-refractivity contribution in [1.82, 2.24) is 0 Å². The zero-order valence-electron chi connectivity index (χ0n) is 11.8. The Morgan fingerprint density at radius 1 is 0.750 bits per heavy atom. The molecule has 0 aliphatic heterocycles. The molecule has 4 nitrogen and oxygen atoms in total. The number of ether oxygens (including phenoxy) is 4. The topological polar surface area (TPSA) is 36.9 Å². The van der Waals surface area contributed by atoms with Crippen LogP contribution in [0.25, 0.3) is 0 Å². The van der Waals surface area contributed by atoms with Gasteiger partial charge in [0.25, 0.3) is 0 Å². The molecule has 0 heterocycles. The molecule has 0 aliphatic carbocycles. The third-order valence-electron chi connectivity index (χ3n) is 2.59. The Bertz CT molecular complexity index is 361. The SMILES string of the molecule is COCCOCc1cc(Br)c(COCCOC)cc1Br. The summed E-state index contributed by atoms with van der Waals surface area (Å²) in [7, 11) is 3.32. The molecule has 0 N–H and O–H groups in total. The highest BCUT2D eigenvalue weighted by molar-refractivity contribution is 9.11. The summed E-state index contributed by atoms with van der Waals surface area (Å²) in [5.41, 5.74) is 2.18. The lowest BCUT2D eigenvalue weighted by Gasteiger charge is -2.11. The Labute approximate surface area is 137 Å². The van der Waals surface area contributed by atoms with Crippen molar-refractivity contribution in [3.63, 3.8) is 0 Å². The van der Waals surface area contributed by atoms with E-state index in [0.717, 1.165) is 20.1 Å². The van der Waals surface area contributed by atoms with Crippen molar-refractivity contribution in [2.24, 2.45) is 0 Å². The highest BCUT2D eigenvalue weighted by Gasteiger charge is 2.07. The third-order valence-corrected chi connectivity index (χ3v) is 4.07.